The molecule has 1 aromatic rings. The number of benzene rings is 1. The molecule has 0 aromatic heterocycles. The maximum atomic E-state index is 11.9. The molecular weight excluding hydrogens is 342 g/mol. The molecule has 1 atom stereocenters. The second kappa shape index (κ2) is 8.53. The maximum absolute atomic E-state index is 11.9. The molecule has 140 valence electrons. The van der Waals surface area contributed by atoms with Gasteiger partial charge in [0.2, 0.25) is 0 Å². The Morgan fingerprint density at radius 3 is 2.40 bits per heavy atom. The lowest BCUT2D eigenvalue weighted by Crippen LogP contribution is -2.50. The average molecular weight is 369 g/mol. The first-order valence-corrected chi connectivity index (χ1v) is 10.3. The van der Waals surface area contributed by atoms with Crippen molar-refractivity contribution in [1.29, 1.82) is 0 Å². The lowest BCUT2D eigenvalue weighted by Gasteiger charge is -2.34. The van der Waals surface area contributed by atoms with E-state index in [0.29, 0.717) is 4.90 Å². The van der Waals surface area contributed by atoms with Crippen LogP contribution >= 0.6 is 0 Å². The van der Waals surface area contributed by atoms with Crippen molar-refractivity contribution in [3.05, 3.63) is 24.3 Å². The molecule has 3 N–H and O–H groups in total. The number of urea groups is 1. The summed E-state index contributed by atoms with van der Waals surface area (Å²) < 4.78 is 23.7. The number of sulfone groups is 1. The van der Waals surface area contributed by atoms with Crippen molar-refractivity contribution in [3.63, 3.8) is 0 Å². The molecule has 2 amide bonds. The average Bonchev–Trinajstić information content (AvgIpc) is 2.62. The van der Waals surface area contributed by atoms with Crippen LogP contribution in [0.4, 0.5) is 10.5 Å². The van der Waals surface area contributed by atoms with Gasteiger partial charge in [0.25, 0.3) is 0 Å². The minimum absolute atomic E-state index is 0.0877. The molecule has 1 fully saturated rings. The SMILES string of the molecule is CCS(=O)(=O)c1ccc(N2CCC(NC(=O)N[C@H](C)CO)CC2)cc1. The van der Waals surface area contributed by atoms with Gasteiger partial charge < -0.3 is 20.6 Å². The molecule has 1 aliphatic rings. The molecule has 1 aliphatic heterocycles. The summed E-state index contributed by atoms with van der Waals surface area (Å²) in [6.07, 6.45) is 1.63. The number of aliphatic hydroxyl groups is 1. The van der Waals surface area contributed by atoms with Gasteiger partial charge in [-0.3, -0.25) is 0 Å². The molecule has 0 spiro atoms. The number of aliphatic hydroxyl groups excluding tert-OH is 1. The highest BCUT2D eigenvalue weighted by Gasteiger charge is 2.21. The molecule has 2 rings (SSSR count). The summed E-state index contributed by atoms with van der Waals surface area (Å²) >= 11 is 0. The van der Waals surface area contributed by atoms with Crippen molar-refractivity contribution in [1.82, 2.24) is 10.6 Å². The van der Waals surface area contributed by atoms with Gasteiger partial charge in [0.1, 0.15) is 0 Å². The number of nitrogens with one attached hydrogen (secondary N) is 2. The molecular formula is C17H27N3O4S. The third-order valence-electron chi connectivity index (χ3n) is 4.42. The predicted molar refractivity (Wildman–Crippen MR) is 97.6 cm³/mol. The zero-order valence-corrected chi connectivity index (χ0v) is 15.6. The summed E-state index contributed by atoms with van der Waals surface area (Å²) in [5.74, 6) is 0.0976. The summed E-state index contributed by atoms with van der Waals surface area (Å²) in [6, 6.07) is 6.57. The van der Waals surface area contributed by atoms with Crippen LogP contribution < -0.4 is 15.5 Å². The number of piperidine rings is 1. The topological polar surface area (TPSA) is 98.7 Å². The van der Waals surface area contributed by atoms with Gasteiger partial charge in [0.15, 0.2) is 9.84 Å². The van der Waals surface area contributed by atoms with E-state index in [9.17, 15) is 13.2 Å². The Bertz CT molecular complexity index is 668. The standard InChI is InChI=1S/C17H27N3O4S/c1-3-25(23,24)16-6-4-15(5-7-16)20-10-8-14(9-11-20)19-17(22)18-13(2)12-21/h4-7,13-14,21H,3,8-12H2,1-2H3,(H2,18,19,22)/t13-/m1/s1. The van der Waals surface area contributed by atoms with Crippen LogP contribution in [0.15, 0.2) is 29.2 Å². The monoisotopic (exact) mass is 369 g/mol. The highest BCUT2D eigenvalue weighted by molar-refractivity contribution is 7.91. The number of hydrogen-bond donors (Lipinski definition) is 3. The quantitative estimate of drug-likeness (QED) is 0.698. The number of nitrogens with zero attached hydrogens (tertiary/aromatic N) is 1. The third-order valence-corrected chi connectivity index (χ3v) is 6.17. The van der Waals surface area contributed by atoms with E-state index in [1.54, 1.807) is 26.0 Å². The van der Waals surface area contributed by atoms with Crippen molar-refractivity contribution in [2.45, 2.75) is 43.7 Å². The second-order valence-electron chi connectivity index (χ2n) is 6.36. The van der Waals surface area contributed by atoms with Gasteiger partial charge in [-0.25, -0.2) is 13.2 Å². The summed E-state index contributed by atoms with van der Waals surface area (Å²) in [7, 11) is -3.17. The number of amides is 2. The molecule has 1 heterocycles. The molecule has 0 bridgehead atoms. The second-order valence-corrected chi connectivity index (χ2v) is 8.64. The minimum Gasteiger partial charge on any atom is -0.394 e. The van der Waals surface area contributed by atoms with E-state index in [2.05, 4.69) is 15.5 Å². The normalized spacial score (nSPS) is 17.2. The minimum atomic E-state index is -3.17. The Morgan fingerprint density at radius 1 is 1.28 bits per heavy atom. The predicted octanol–water partition coefficient (Wildman–Crippen LogP) is 1.13. The molecule has 8 heteroatoms. The summed E-state index contributed by atoms with van der Waals surface area (Å²) in [6.45, 7) is 4.87. The van der Waals surface area contributed by atoms with Crippen molar-refractivity contribution in [2.24, 2.45) is 0 Å². The van der Waals surface area contributed by atoms with Crippen LogP contribution in [-0.4, -0.2) is 57.1 Å². The van der Waals surface area contributed by atoms with Gasteiger partial charge in [-0.15, -0.1) is 0 Å². The molecule has 25 heavy (non-hydrogen) atoms. The molecule has 0 radical (unpaired) electrons. The molecule has 7 nitrogen and oxygen atoms in total. The van der Waals surface area contributed by atoms with Crippen LogP contribution in [0.1, 0.15) is 26.7 Å². The third kappa shape index (κ3) is 5.34. The van der Waals surface area contributed by atoms with Crippen LogP contribution in [0.25, 0.3) is 0 Å². The Hall–Kier alpha value is -1.80. The fourth-order valence-corrected chi connectivity index (χ4v) is 3.69. The zero-order valence-electron chi connectivity index (χ0n) is 14.7. The Balaban J connectivity index is 1.87. The summed E-state index contributed by atoms with van der Waals surface area (Å²) in [5.41, 5.74) is 0.992. The largest absolute Gasteiger partial charge is 0.394 e. The first-order chi connectivity index (χ1) is 11.9. The number of anilines is 1. The van der Waals surface area contributed by atoms with E-state index >= 15 is 0 Å². The molecule has 0 saturated carbocycles. The Morgan fingerprint density at radius 2 is 1.88 bits per heavy atom. The van der Waals surface area contributed by atoms with Crippen LogP contribution in [0.2, 0.25) is 0 Å². The van der Waals surface area contributed by atoms with Crippen LogP contribution in [0.5, 0.6) is 0 Å². The lowest BCUT2D eigenvalue weighted by molar-refractivity contribution is 0.215. The van der Waals surface area contributed by atoms with Crippen molar-refractivity contribution < 1.29 is 18.3 Å². The molecule has 0 aliphatic carbocycles. The van der Waals surface area contributed by atoms with Crippen LogP contribution in [0, 0.1) is 0 Å². The highest BCUT2D eigenvalue weighted by atomic mass is 32.2. The highest BCUT2D eigenvalue weighted by Crippen LogP contribution is 2.22. The summed E-state index contributed by atoms with van der Waals surface area (Å²) in [5, 5.41) is 14.5. The van der Waals surface area contributed by atoms with Crippen molar-refractivity contribution >= 4 is 21.6 Å². The molecule has 1 saturated heterocycles. The van der Waals surface area contributed by atoms with E-state index in [1.807, 2.05) is 12.1 Å². The van der Waals surface area contributed by atoms with Crippen molar-refractivity contribution in [2.75, 3.05) is 30.3 Å². The first-order valence-electron chi connectivity index (χ1n) is 8.61. The van der Waals surface area contributed by atoms with Gasteiger partial charge in [-0.05, 0) is 44.0 Å². The number of carbonyl (C=O) groups is 1. The van der Waals surface area contributed by atoms with Crippen molar-refractivity contribution in [3.8, 4) is 0 Å². The maximum Gasteiger partial charge on any atom is 0.315 e. The lowest BCUT2D eigenvalue weighted by atomic mass is 10.0. The Kier molecular flexibility index (Phi) is 6.66. The smallest absolute Gasteiger partial charge is 0.315 e. The number of carbonyl (C=O) groups excluding carboxylic acids is 1. The fraction of sp³-hybridized carbons (Fsp3) is 0.588. The van der Waals surface area contributed by atoms with E-state index in [-0.39, 0.29) is 30.5 Å². The molecule has 0 unspecified atom stereocenters. The first kappa shape index (κ1) is 19.5. The van der Waals surface area contributed by atoms with Gasteiger partial charge in [-0.1, -0.05) is 6.92 Å². The Labute approximate surface area is 149 Å². The van der Waals surface area contributed by atoms with E-state index < -0.39 is 9.84 Å². The zero-order chi connectivity index (χ0) is 18.4. The number of rotatable bonds is 6. The van der Waals surface area contributed by atoms with Crippen LogP contribution in [0.3, 0.4) is 0 Å². The van der Waals surface area contributed by atoms with Gasteiger partial charge >= 0.3 is 6.03 Å². The van der Waals surface area contributed by atoms with E-state index in [1.165, 1.54) is 0 Å². The number of hydrogen-bond acceptors (Lipinski definition) is 5. The molecule has 1 aromatic carbocycles. The van der Waals surface area contributed by atoms with Gasteiger partial charge in [0, 0.05) is 24.8 Å². The van der Waals surface area contributed by atoms with Gasteiger partial charge in [-0.2, -0.15) is 0 Å². The van der Waals surface area contributed by atoms with E-state index in [0.717, 1.165) is 31.6 Å². The summed E-state index contributed by atoms with van der Waals surface area (Å²) in [4.78, 5) is 14.3. The van der Waals surface area contributed by atoms with Crippen LogP contribution in [-0.2, 0) is 9.84 Å². The van der Waals surface area contributed by atoms with E-state index in [4.69, 9.17) is 5.11 Å². The van der Waals surface area contributed by atoms with Gasteiger partial charge in [0.05, 0.1) is 23.3 Å². The fourth-order valence-electron chi connectivity index (χ4n) is 2.81.